The van der Waals surface area contributed by atoms with Crippen molar-refractivity contribution in [1.82, 2.24) is 15.5 Å². The van der Waals surface area contributed by atoms with Crippen LogP contribution < -0.4 is 5.32 Å². The number of hydrogen-bond donors (Lipinski definition) is 1. The van der Waals surface area contributed by atoms with Gasteiger partial charge in [-0.1, -0.05) is 5.16 Å². The van der Waals surface area contributed by atoms with Crippen LogP contribution in [-0.2, 0) is 16.1 Å². The van der Waals surface area contributed by atoms with Crippen LogP contribution in [-0.4, -0.2) is 35.7 Å². The molecule has 0 saturated heterocycles. The minimum atomic E-state index is -2.57. The van der Waals surface area contributed by atoms with E-state index in [1.54, 1.807) is 0 Å². The van der Waals surface area contributed by atoms with Gasteiger partial charge in [-0.05, 0) is 12.8 Å². The molecule has 0 bridgehead atoms. The Balaban J connectivity index is 1.85. The molecule has 1 heterocycles. The first-order valence-corrected chi connectivity index (χ1v) is 6.46. The minimum absolute atomic E-state index is 0.0430. The number of methoxy groups -OCH3 is 1. The molecule has 1 saturated carbocycles. The molecule has 1 N–H and O–H groups in total. The van der Waals surface area contributed by atoms with E-state index in [0.29, 0.717) is 18.7 Å². The van der Waals surface area contributed by atoms with Crippen LogP contribution in [0.4, 0.5) is 8.78 Å². The second-order valence-electron chi connectivity index (χ2n) is 4.89. The van der Waals surface area contributed by atoms with Crippen LogP contribution in [0.3, 0.4) is 0 Å². The van der Waals surface area contributed by atoms with Gasteiger partial charge in [0.15, 0.2) is 5.82 Å². The molecule has 0 atom stereocenters. The van der Waals surface area contributed by atoms with Gasteiger partial charge in [-0.25, -0.2) is 8.78 Å². The lowest BCUT2D eigenvalue weighted by molar-refractivity contribution is -0.125. The third-order valence-corrected chi connectivity index (χ3v) is 3.28. The van der Waals surface area contributed by atoms with Crippen LogP contribution in [0.15, 0.2) is 4.52 Å². The molecule has 1 aromatic rings. The molecule has 2 rings (SSSR count). The van der Waals surface area contributed by atoms with Gasteiger partial charge >= 0.3 is 0 Å². The number of nitrogens with zero attached hydrogens (tertiary/aromatic N) is 2. The standard InChI is InChI=1S/C12H17F2N3O3/c1-19-7-9(18)15-6-10-16-11(17-20-10)8-2-4-12(13,14)5-3-8/h8H,2-7H2,1H3,(H,15,18). The van der Waals surface area contributed by atoms with Crippen molar-refractivity contribution in [3.05, 3.63) is 11.7 Å². The quantitative estimate of drug-likeness (QED) is 0.891. The van der Waals surface area contributed by atoms with E-state index < -0.39 is 5.92 Å². The molecule has 112 valence electrons. The summed E-state index contributed by atoms with van der Waals surface area (Å²) in [6.07, 6.45) is 0.405. The van der Waals surface area contributed by atoms with Crippen molar-refractivity contribution < 1.29 is 22.8 Å². The Hall–Kier alpha value is -1.57. The third kappa shape index (κ3) is 3.96. The van der Waals surface area contributed by atoms with Gasteiger partial charge in [0.25, 0.3) is 0 Å². The van der Waals surface area contributed by atoms with Gasteiger partial charge in [0, 0.05) is 25.9 Å². The Morgan fingerprint density at radius 3 is 2.85 bits per heavy atom. The lowest BCUT2D eigenvalue weighted by Gasteiger charge is -2.26. The topological polar surface area (TPSA) is 77.2 Å². The average molecular weight is 289 g/mol. The first-order valence-electron chi connectivity index (χ1n) is 6.46. The third-order valence-electron chi connectivity index (χ3n) is 3.28. The fourth-order valence-electron chi connectivity index (χ4n) is 2.16. The lowest BCUT2D eigenvalue weighted by atomic mass is 9.86. The molecule has 1 aromatic heterocycles. The molecule has 0 spiro atoms. The zero-order valence-corrected chi connectivity index (χ0v) is 11.2. The Morgan fingerprint density at radius 2 is 2.20 bits per heavy atom. The lowest BCUT2D eigenvalue weighted by Crippen LogP contribution is -2.26. The zero-order chi connectivity index (χ0) is 14.6. The molecule has 1 aliphatic carbocycles. The highest BCUT2D eigenvalue weighted by Gasteiger charge is 2.36. The first-order chi connectivity index (χ1) is 9.50. The summed E-state index contributed by atoms with van der Waals surface area (Å²) >= 11 is 0. The normalized spacial score (nSPS) is 18.9. The summed E-state index contributed by atoms with van der Waals surface area (Å²) in [5, 5.41) is 6.35. The Labute approximate surface area is 114 Å². The number of amides is 1. The van der Waals surface area contributed by atoms with Crippen LogP contribution in [0.2, 0.25) is 0 Å². The highest BCUT2D eigenvalue weighted by molar-refractivity contribution is 5.76. The van der Waals surface area contributed by atoms with E-state index in [1.807, 2.05) is 0 Å². The number of rotatable bonds is 5. The van der Waals surface area contributed by atoms with Gasteiger partial charge in [-0.2, -0.15) is 4.98 Å². The summed E-state index contributed by atoms with van der Waals surface area (Å²) < 4.78 is 35.8. The number of carbonyl (C=O) groups excluding carboxylic acids is 1. The molecular formula is C12H17F2N3O3. The molecule has 1 aliphatic rings. The van der Waals surface area contributed by atoms with Gasteiger partial charge in [0.2, 0.25) is 17.7 Å². The van der Waals surface area contributed by atoms with Gasteiger partial charge in [0.05, 0.1) is 6.54 Å². The van der Waals surface area contributed by atoms with Crippen molar-refractivity contribution >= 4 is 5.91 Å². The number of carbonyl (C=O) groups is 1. The summed E-state index contributed by atoms with van der Waals surface area (Å²) in [5.41, 5.74) is 0. The second kappa shape index (κ2) is 6.25. The number of alkyl halides is 2. The maximum absolute atomic E-state index is 13.1. The predicted octanol–water partition coefficient (Wildman–Crippen LogP) is 1.63. The summed E-state index contributed by atoms with van der Waals surface area (Å²) in [4.78, 5) is 15.3. The molecular weight excluding hydrogens is 272 g/mol. The molecule has 1 amide bonds. The summed E-state index contributed by atoms with van der Waals surface area (Å²) in [5.74, 6) is -2.25. The van der Waals surface area contributed by atoms with Crippen molar-refractivity contribution in [2.75, 3.05) is 13.7 Å². The second-order valence-corrected chi connectivity index (χ2v) is 4.89. The van der Waals surface area contributed by atoms with E-state index in [4.69, 9.17) is 4.52 Å². The molecule has 6 nitrogen and oxygen atoms in total. The van der Waals surface area contributed by atoms with Gasteiger partial charge in [-0.15, -0.1) is 0 Å². The van der Waals surface area contributed by atoms with Crippen LogP contribution in [0, 0.1) is 0 Å². The number of halogens is 2. The summed E-state index contributed by atoms with van der Waals surface area (Å²) in [6.45, 7) is 0.0662. The first kappa shape index (κ1) is 14.8. The van der Waals surface area contributed by atoms with Crippen molar-refractivity contribution in [1.29, 1.82) is 0 Å². The fraction of sp³-hybridized carbons (Fsp3) is 0.750. The Kier molecular flexibility index (Phi) is 4.64. The fourth-order valence-corrected chi connectivity index (χ4v) is 2.16. The van der Waals surface area contributed by atoms with Crippen LogP contribution in [0.1, 0.15) is 43.3 Å². The average Bonchev–Trinajstić information content (AvgIpc) is 2.85. The minimum Gasteiger partial charge on any atom is -0.375 e. The molecule has 1 fully saturated rings. The van der Waals surface area contributed by atoms with E-state index in [2.05, 4.69) is 20.2 Å². The van der Waals surface area contributed by atoms with Gasteiger partial charge < -0.3 is 14.6 Å². The highest BCUT2D eigenvalue weighted by atomic mass is 19.3. The van der Waals surface area contributed by atoms with Crippen LogP contribution >= 0.6 is 0 Å². The van der Waals surface area contributed by atoms with Crippen molar-refractivity contribution in [3.8, 4) is 0 Å². The number of nitrogens with one attached hydrogen (secondary N) is 1. The van der Waals surface area contributed by atoms with Gasteiger partial charge in [0.1, 0.15) is 6.61 Å². The van der Waals surface area contributed by atoms with E-state index in [-0.39, 0.29) is 43.7 Å². The molecule has 0 unspecified atom stereocenters. The molecule has 0 aliphatic heterocycles. The zero-order valence-electron chi connectivity index (χ0n) is 11.2. The molecule has 0 radical (unpaired) electrons. The van der Waals surface area contributed by atoms with Gasteiger partial charge in [-0.3, -0.25) is 4.79 Å². The summed E-state index contributed by atoms with van der Waals surface area (Å²) in [7, 11) is 1.42. The number of aromatic nitrogens is 2. The summed E-state index contributed by atoms with van der Waals surface area (Å²) in [6, 6.07) is 0. The maximum Gasteiger partial charge on any atom is 0.248 e. The van der Waals surface area contributed by atoms with E-state index in [1.165, 1.54) is 7.11 Å². The molecule has 8 heteroatoms. The van der Waals surface area contributed by atoms with E-state index >= 15 is 0 Å². The number of hydrogen-bond acceptors (Lipinski definition) is 5. The SMILES string of the molecule is COCC(=O)NCc1nc(C2CCC(F)(F)CC2)no1. The predicted molar refractivity (Wildman–Crippen MR) is 64.2 cm³/mol. The van der Waals surface area contributed by atoms with Crippen LogP contribution in [0.5, 0.6) is 0 Å². The molecule has 20 heavy (non-hydrogen) atoms. The highest BCUT2D eigenvalue weighted by Crippen LogP contribution is 2.39. The Morgan fingerprint density at radius 1 is 1.50 bits per heavy atom. The monoisotopic (exact) mass is 289 g/mol. The maximum atomic E-state index is 13.1. The van der Waals surface area contributed by atoms with E-state index in [9.17, 15) is 13.6 Å². The van der Waals surface area contributed by atoms with Crippen molar-refractivity contribution in [3.63, 3.8) is 0 Å². The smallest absolute Gasteiger partial charge is 0.248 e. The number of ether oxygens (including phenoxy) is 1. The molecule has 0 aromatic carbocycles. The van der Waals surface area contributed by atoms with Crippen molar-refractivity contribution in [2.45, 2.75) is 44.1 Å². The van der Waals surface area contributed by atoms with E-state index in [0.717, 1.165) is 0 Å². The van der Waals surface area contributed by atoms with Crippen molar-refractivity contribution in [2.24, 2.45) is 0 Å². The largest absolute Gasteiger partial charge is 0.375 e. The Bertz CT molecular complexity index is 455. The van der Waals surface area contributed by atoms with Crippen LogP contribution in [0.25, 0.3) is 0 Å².